The van der Waals surface area contributed by atoms with Gasteiger partial charge < -0.3 is 5.73 Å². The maximum atomic E-state index is 7.34. The lowest BCUT2D eigenvalue weighted by atomic mass is 8.79. The van der Waals surface area contributed by atoms with Gasteiger partial charge in [-0.05, 0) is 88.3 Å². The molecule has 10 rings (SSSR count). The van der Waals surface area contributed by atoms with Gasteiger partial charge in [0.25, 0.3) is 0 Å². The van der Waals surface area contributed by atoms with Gasteiger partial charge in [0.15, 0.2) is 0 Å². The van der Waals surface area contributed by atoms with Crippen molar-refractivity contribution in [2.75, 3.05) is 0 Å². The molecule has 0 amide bonds. The van der Waals surface area contributed by atoms with E-state index in [9.17, 15) is 0 Å². The van der Waals surface area contributed by atoms with Crippen LogP contribution >= 0.6 is 0 Å². The summed E-state index contributed by atoms with van der Waals surface area (Å²) < 4.78 is 0. The molecule has 0 bridgehead atoms. The number of nitrogens with two attached hydrogens (primary N) is 1. The Balaban J connectivity index is 1.55. The van der Waals surface area contributed by atoms with Gasteiger partial charge in [0.2, 0.25) is 0 Å². The highest BCUT2D eigenvalue weighted by Crippen LogP contribution is 3.33. The predicted octanol–water partition coefficient (Wildman–Crippen LogP) is 2.02. The van der Waals surface area contributed by atoms with Crippen LogP contribution in [0.1, 0.15) is 32.6 Å². The van der Waals surface area contributed by atoms with E-state index < -0.39 is 0 Å². The fourth-order valence-corrected chi connectivity index (χ4v) is 15.5. The molecule has 0 radical (unpaired) electrons. The van der Waals surface area contributed by atoms with Crippen molar-refractivity contribution >= 4 is 0 Å². The van der Waals surface area contributed by atoms with Crippen LogP contribution in [0.3, 0.4) is 0 Å². The Labute approximate surface area is 112 Å². The average molecular weight is 249 g/mol. The van der Waals surface area contributed by atoms with E-state index >= 15 is 0 Å². The van der Waals surface area contributed by atoms with Crippen LogP contribution in [-0.4, -0.2) is 5.54 Å². The van der Waals surface area contributed by atoms with Crippen molar-refractivity contribution in [2.45, 2.75) is 38.1 Å². The van der Waals surface area contributed by atoms with Crippen molar-refractivity contribution in [1.82, 2.24) is 0 Å². The molecule has 10 fully saturated rings. The summed E-state index contributed by atoms with van der Waals surface area (Å²) in [5.41, 5.74) is 12.8. The number of rotatable bonds is 0. The first-order chi connectivity index (χ1) is 9.15. The van der Waals surface area contributed by atoms with Crippen molar-refractivity contribution in [1.29, 1.82) is 0 Å². The van der Waals surface area contributed by atoms with Crippen LogP contribution in [0.25, 0.3) is 0 Å². The molecular weight excluding hydrogens is 230 g/mol. The van der Waals surface area contributed by atoms with Gasteiger partial charge in [-0.25, -0.2) is 0 Å². The summed E-state index contributed by atoms with van der Waals surface area (Å²) in [6.45, 7) is 2.76. The maximum Gasteiger partial charge on any atom is 0.0294 e. The summed E-state index contributed by atoms with van der Waals surface area (Å²) in [5.74, 6) is 6.79. The molecule has 0 aromatic rings. The Morgan fingerprint density at radius 1 is 0.947 bits per heavy atom. The second-order valence-corrected chi connectivity index (χ2v) is 10.8. The Hall–Kier alpha value is -0.0400. The summed E-state index contributed by atoms with van der Waals surface area (Å²) in [6.07, 6.45) is 6.37. The van der Waals surface area contributed by atoms with Crippen molar-refractivity contribution in [2.24, 2.45) is 73.7 Å². The Bertz CT molecular complexity index is 748. The number of hydrogen-bond donors (Lipinski definition) is 1. The Morgan fingerprint density at radius 2 is 1.74 bits per heavy atom. The zero-order chi connectivity index (χ0) is 11.8. The summed E-state index contributed by atoms with van der Waals surface area (Å²) >= 11 is 0. The minimum Gasteiger partial charge on any atom is -0.324 e. The predicted molar refractivity (Wildman–Crippen MR) is 66.6 cm³/mol. The monoisotopic (exact) mass is 249 g/mol. The van der Waals surface area contributed by atoms with Gasteiger partial charge in [-0.3, -0.25) is 0 Å². The molecule has 0 heterocycles. The lowest BCUT2D eigenvalue weighted by Gasteiger charge is -3.23. The molecular formula is C18H19N. The fraction of sp³-hybridized carbons (Fsp3) is 1.00. The van der Waals surface area contributed by atoms with Crippen molar-refractivity contribution in [3.63, 3.8) is 0 Å². The van der Waals surface area contributed by atoms with E-state index in [-0.39, 0.29) is 0 Å². The second-order valence-electron chi connectivity index (χ2n) is 10.8. The molecule has 0 aromatic heterocycles. The third-order valence-corrected chi connectivity index (χ3v) is 13.6. The molecule has 0 saturated heterocycles. The van der Waals surface area contributed by atoms with E-state index in [2.05, 4.69) is 6.92 Å². The molecule has 2 N–H and O–H groups in total. The van der Waals surface area contributed by atoms with E-state index in [1.165, 1.54) is 17.8 Å². The lowest BCUT2D eigenvalue weighted by Crippen LogP contribution is -3.22. The molecule has 10 aliphatic rings. The molecule has 0 aliphatic heterocycles. The van der Waals surface area contributed by atoms with Gasteiger partial charge in [0.1, 0.15) is 0 Å². The van der Waals surface area contributed by atoms with Gasteiger partial charge in [0, 0.05) is 11.0 Å². The topological polar surface area (TPSA) is 26.0 Å². The summed E-state index contributed by atoms with van der Waals surface area (Å²) in [4.78, 5) is 0. The molecule has 19 heavy (non-hydrogen) atoms. The van der Waals surface area contributed by atoms with E-state index in [0.29, 0.717) is 5.54 Å². The smallest absolute Gasteiger partial charge is 0.0294 e. The van der Waals surface area contributed by atoms with Crippen LogP contribution in [0.2, 0.25) is 0 Å². The molecule has 1 nitrogen and oxygen atoms in total. The van der Waals surface area contributed by atoms with Crippen LogP contribution in [-0.2, 0) is 0 Å². The normalized spacial score (nSPS) is 110. The summed E-state index contributed by atoms with van der Waals surface area (Å²) in [5, 5.41) is 0. The van der Waals surface area contributed by atoms with Crippen molar-refractivity contribution in [3.8, 4) is 0 Å². The standard InChI is InChI=1S/C18H19N/c1-12-11-8-4-6-10-7-5-9-16(7)14(17(9,11)19)3-2-13(12,14)18(10,16)15(6,8)12/h6-11H,2-5,19H2,1H3. The average Bonchev–Trinajstić information content (AvgIpc) is 2.42. The van der Waals surface area contributed by atoms with Crippen LogP contribution in [0.4, 0.5) is 0 Å². The first-order valence-corrected chi connectivity index (χ1v) is 8.94. The first kappa shape index (κ1) is 7.82. The highest BCUT2D eigenvalue weighted by atomic mass is 15.4. The summed E-state index contributed by atoms with van der Waals surface area (Å²) in [6, 6.07) is 0. The van der Waals surface area contributed by atoms with Crippen LogP contribution in [0.15, 0.2) is 0 Å². The van der Waals surface area contributed by atoms with Crippen LogP contribution < -0.4 is 5.73 Å². The van der Waals surface area contributed by atoms with Gasteiger partial charge in [-0.15, -0.1) is 0 Å². The van der Waals surface area contributed by atoms with Crippen molar-refractivity contribution in [3.05, 3.63) is 0 Å². The summed E-state index contributed by atoms with van der Waals surface area (Å²) in [7, 11) is 0. The lowest BCUT2D eigenvalue weighted by molar-refractivity contribution is -0.775. The Morgan fingerprint density at radius 3 is 2.53 bits per heavy atom. The van der Waals surface area contributed by atoms with Gasteiger partial charge in [0.05, 0.1) is 0 Å². The highest BCUT2D eigenvalue weighted by molar-refractivity contribution is 5.79. The molecule has 10 aliphatic carbocycles. The number of fused-ring (bicyclic) bond motifs is 5. The molecule has 96 valence electrons. The molecule has 13 atom stereocenters. The minimum atomic E-state index is 0.366. The molecule has 0 aromatic carbocycles. The zero-order valence-corrected chi connectivity index (χ0v) is 11.4. The van der Waals surface area contributed by atoms with Gasteiger partial charge in [-0.1, -0.05) is 6.92 Å². The molecule has 13 unspecified atom stereocenters. The third kappa shape index (κ3) is 0.212. The SMILES string of the molecule is CC12C3C4CC5C6C7CC8C3(N)C39CCC13C6(C452)C789. The van der Waals surface area contributed by atoms with E-state index in [0.717, 1.165) is 50.2 Å². The fourth-order valence-electron chi connectivity index (χ4n) is 15.5. The molecule has 1 heteroatoms. The van der Waals surface area contributed by atoms with E-state index in [1.807, 2.05) is 0 Å². The highest BCUT2D eigenvalue weighted by Gasteiger charge is 3.32. The van der Waals surface area contributed by atoms with E-state index in [1.54, 1.807) is 25.7 Å². The first-order valence-electron chi connectivity index (χ1n) is 8.94. The maximum absolute atomic E-state index is 7.34. The van der Waals surface area contributed by atoms with E-state index in [4.69, 9.17) is 5.73 Å². The van der Waals surface area contributed by atoms with Gasteiger partial charge >= 0.3 is 0 Å². The zero-order valence-electron chi connectivity index (χ0n) is 11.4. The van der Waals surface area contributed by atoms with Crippen LogP contribution in [0, 0.1) is 68.0 Å². The largest absolute Gasteiger partial charge is 0.324 e. The quantitative estimate of drug-likeness (QED) is 0.698. The third-order valence-electron chi connectivity index (χ3n) is 13.6. The van der Waals surface area contributed by atoms with Gasteiger partial charge in [-0.2, -0.15) is 0 Å². The Kier molecular flexibility index (Phi) is 0.520. The minimum absolute atomic E-state index is 0.366. The van der Waals surface area contributed by atoms with Crippen LogP contribution in [0.5, 0.6) is 0 Å². The molecule has 10 saturated carbocycles. The second kappa shape index (κ2) is 1.26. The molecule has 5 spiro atoms. The van der Waals surface area contributed by atoms with Crippen molar-refractivity contribution < 1.29 is 0 Å². The number of hydrogen-bond acceptors (Lipinski definition) is 1.